The maximum Gasteiger partial charge on any atom is 0.161 e. The number of ether oxygens (including phenoxy) is 2. The zero-order valence-electron chi connectivity index (χ0n) is 13.2. The Morgan fingerprint density at radius 3 is 2.55 bits per heavy atom. The van der Waals surface area contributed by atoms with Crippen molar-refractivity contribution in [1.82, 2.24) is 0 Å². The molecule has 0 amide bonds. The van der Waals surface area contributed by atoms with Crippen LogP contribution >= 0.6 is 0 Å². The molecule has 20 heavy (non-hydrogen) atoms. The summed E-state index contributed by atoms with van der Waals surface area (Å²) in [6.45, 7) is 5.81. The van der Waals surface area contributed by atoms with Crippen molar-refractivity contribution in [2.45, 2.75) is 45.7 Å². The molecule has 1 fully saturated rings. The van der Waals surface area contributed by atoms with Crippen molar-refractivity contribution in [1.29, 1.82) is 0 Å². The molecule has 0 spiro atoms. The quantitative estimate of drug-likeness (QED) is 0.898. The average Bonchev–Trinajstić information content (AvgIpc) is 2.48. The molecule has 3 atom stereocenters. The average molecular weight is 278 g/mol. The fourth-order valence-electron chi connectivity index (χ4n) is 3.25. The minimum Gasteiger partial charge on any atom is -0.493 e. The number of rotatable bonds is 5. The molecule has 2 N–H and O–H groups in total. The largest absolute Gasteiger partial charge is 0.493 e. The second-order valence-corrected chi connectivity index (χ2v) is 6.06. The van der Waals surface area contributed by atoms with Gasteiger partial charge < -0.3 is 14.8 Å². The van der Waals surface area contributed by atoms with Gasteiger partial charge in [0, 0.05) is 11.5 Å². The van der Waals surface area contributed by atoms with E-state index in [0.717, 1.165) is 35.9 Å². The van der Waals surface area contributed by atoms with Crippen molar-refractivity contribution < 1.29 is 14.8 Å². The summed E-state index contributed by atoms with van der Waals surface area (Å²) >= 11 is 0. The van der Waals surface area contributed by atoms with Gasteiger partial charge in [0.15, 0.2) is 11.5 Å². The Morgan fingerprint density at radius 1 is 1.10 bits per heavy atom. The number of methoxy groups -OCH3 is 2. The molecule has 0 bridgehead atoms. The molecular formula is C17H28NO2+. The molecule has 0 saturated heterocycles. The van der Waals surface area contributed by atoms with Gasteiger partial charge >= 0.3 is 0 Å². The third-order valence-corrected chi connectivity index (χ3v) is 4.87. The number of nitrogens with two attached hydrogens (primary N) is 1. The van der Waals surface area contributed by atoms with Crippen LogP contribution in [-0.2, 0) is 6.54 Å². The molecule has 0 unspecified atom stereocenters. The van der Waals surface area contributed by atoms with Crippen LogP contribution in [0.3, 0.4) is 0 Å². The first-order chi connectivity index (χ1) is 9.65. The van der Waals surface area contributed by atoms with Crippen LogP contribution < -0.4 is 14.8 Å². The lowest BCUT2D eigenvalue weighted by molar-refractivity contribution is -0.713. The summed E-state index contributed by atoms with van der Waals surface area (Å²) in [5, 5.41) is 2.50. The molecule has 1 aromatic rings. The Bertz CT molecular complexity index is 433. The van der Waals surface area contributed by atoms with Gasteiger partial charge in [-0.2, -0.15) is 0 Å². The van der Waals surface area contributed by atoms with Gasteiger partial charge in [0.1, 0.15) is 6.54 Å². The number of quaternary nitrogens is 1. The topological polar surface area (TPSA) is 35.1 Å². The first-order valence-electron chi connectivity index (χ1n) is 7.70. The smallest absolute Gasteiger partial charge is 0.161 e. The van der Waals surface area contributed by atoms with Crippen molar-refractivity contribution >= 4 is 0 Å². The van der Waals surface area contributed by atoms with Crippen LogP contribution in [0.2, 0.25) is 0 Å². The highest BCUT2D eigenvalue weighted by Crippen LogP contribution is 2.29. The number of benzene rings is 1. The van der Waals surface area contributed by atoms with Crippen LogP contribution in [0, 0.1) is 11.8 Å². The predicted molar refractivity (Wildman–Crippen MR) is 81.1 cm³/mol. The maximum atomic E-state index is 5.37. The summed E-state index contributed by atoms with van der Waals surface area (Å²) in [5.74, 6) is 3.29. The van der Waals surface area contributed by atoms with Crippen molar-refractivity contribution in [3.63, 3.8) is 0 Å². The van der Waals surface area contributed by atoms with E-state index in [2.05, 4.69) is 31.3 Å². The van der Waals surface area contributed by atoms with Crippen molar-refractivity contribution in [3.8, 4) is 11.5 Å². The standard InChI is InChI=1S/C17H27NO2/c1-12-6-5-7-15(13(12)2)18-11-14-8-9-16(19-3)17(10-14)20-4/h8-10,12-13,15,18H,5-7,11H2,1-4H3/p+1/t12-,13+,15-/m0/s1. The molecule has 1 aliphatic rings. The molecule has 0 aliphatic heterocycles. The van der Waals surface area contributed by atoms with Gasteiger partial charge in [-0.25, -0.2) is 0 Å². The highest BCUT2D eigenvalue weighted by Gasteiger charge is 2.29. The van der Waals surface area contributed by atoms with Gasteiger partial charge in [-0.15, -0.1) is 0 Å². The molecule has 1 aliphatic carbocycles. The van der Waals surface area contributed by atoms with Gasteiger partial charge in [0.2, 0.25) is 0 Å². The Balaban J connectivity index is 1.96. The highest BCUT2D eigenvalue weighted by atomic mass is 16.5. The molecule has 1 saturated carbocycles. The lowest BCUT2D eigenvalue weighted by Gasteiger charge is -2.32. The van der Waals surface area contributed by atoms with Crippen LogP contribution in [-0.4, -0.2) is 20.3 Å². The number of hydrogen-bond donors (Lipinski definition) is 1. The van der Waals surface area contributed by atoms with E-state index >= 15 is 0 Å². The monoisotopic (exact) mass is 278 g/mol. The van der Waals surface area contributed by atoms with E-state index in [-0.39, 0.29) is 0 Å². The highest BCUT2D eigenvalue weighted by molar-refractivity contribution is 5.42. The fourth-order valence-corrected chi connectivity index (χ4v) is 3.25. The van der Waals surface area contributed by atoms with E-state index in [1.54, 1.807) is 14.2 Å². The van der Waals surface area contributed by atoms with E-state index < -0.39 is 0 Å². The summed E-state index contributed by atoms with van der Waals surface area (Å²) in [5.41, 5.74) is 1.30. The van der Waals surface area contributed by atoms with Gasteiger partial charge in [-0.05, 0) is 43.4 Å². The van der Waals surface area contributed by atoms with Crippen LogP contribution in [0.5, 0.6) is 11.5 Å². The SMILES string of the molecule is COc1ccc(C[NH2+][C@H]2CCC[C@H](C)[C@H]2C)cc1OC. The summed E-state index contributed by atoms with van der Waals surface area (Å²) in [6.07, 6.45) is 4.11. The number of hydrogen-bond acceptors (Lipinski definition) is 2. The summed E-state index contributed by atoms with van der Waals surface area (Å²) in [7, 11) is 3.37. The van der Waals surface area contributed by atoms with Crippen LogP contribution in [0.4, 0.5) is 0 Å². The van der Waals surface area contributed by atoms with Crippen molar-refractivity contribution in [2.75, 3.05) is 14.2 Å². The minimum absolute atomic E-state index is 0.756. The molecule has 1 aromatic carbocycles. The van der Waals surface area contributed by atoms with Gasteiger partial charge in [-0.3, -0.25) is 0 Å². The van der Waals surface area contributed by atoms with Crippen LogP contribution in [0.1, 0.15) is 38.7 Å². The van der Waals surface area contributed by atoms with E-state index in [1.165, 1.54) is 24.8 Å². The fraction of sp³-hybridized carbons (Fsp3) is 0.647. The summed E-state index contributed by atoms with van der Waals surface area (Å²) in [6, 6.07) is 6.97. The minimum atomic E-state index is 0.756. The van der Waals surface area contributed by atoms with E-state index in [0.29, 0.717) is 0 Å². The van der Waals surface area contributed by atoms with E-state index in [9.17, 15) is 0 Å². The molecule has 112 valence electrons. The molecule has 2 rings (SSSR count). The molecule has 0 aromatic heterocycles. The summed E-state index contributed by atoms with van der Waals surface area (Å²) < 4.78 is 10.6. The lowest BCUT2D eigenvalue weighted by atomic mass is 9.78. The zero-order chi connectivity index (χ0) is 14.5. The van der Waals surface area contributed by atoms with Crippen molar-refractivity contribution in [2.24, 2.45) is 11.8 Å². The maximum absolute atomic E-state index is 5.37. The second kappa shape index (κ2) is 6.98. The molecular weight excluding hydrogens is 250 g/mol. The molecule has 3 nitrogen and oxygen atoms in total. The van der Waals surface area contributed by atoms with E-state index in [4.69, 9.17) is 9.47 Å². The van der Waals surface area contributed by atoms with Crippen LogP contribution in [0.25, 0.3) is 0 Å². The Morgan fingerprint density at radius 2 is 1.85 bits per heavy atom. The Hall–Kier alpha value is -1.22. The zero-order valence-corrected chi connectivity index (χ0v) is 13.2. The first kappa shape index (κ1) is 15.2. The van der Waals surface area contributed by atoms with Gasteiger partial charge in [0.05, 0.1) is 20.3 Å². The Labute approximate surface area is 122 Å². The molecule has 0 heterocycles. The molecule has 0 radical (unpaired) electrons. The predicted octanol–water partition coefficient (Wildman–Crippen LogP) is 2.59. The third kappa shape index (κ3) is 3.45. The second-order valence-electron chi connectivity index (χ2n) is 6.06. The van der Waals surface area contributed by atoms with Gasteiger partial charge in [0.25, 0.3) is 0 Å². The third-order valence-electron chi connectivity index (χ3n) is 4.87. The Kier molecular flexibility index (Phi) is 5.30. The van der Waals surface area contributed by atoms with E-state index in [1.807, 2.05) is 6.07 Å². The first-order valence-corrected chi connectivity index (χ1v) is 7.70. The lowest BCUT2D eigenvalue weighted by Crippen LogP contribution is -2.90. The normalized spacial score (nSPS) is 26.3. The van der Waals surface area contributed by atoms with Crippen molar-refractivity contribution in [3.05, 3.63) is 23.8 Å². The van der Waals surface area contributed by atoms with Crippen LogP contribution in [0.15, 0.2) is 18.2 Å². The van der Waals surface area contributed by atoms with Gasteiger partial charge in [-0.1, -0.05) is 13.8 Å². The summed E-state index contributed by atoms with van der Waals surface area (Å²) in [4.78, 5) is 0. The molecule has 3 heteroatoms.